The Balaban J connectivity index is 3.41. The van der Waals surface area contributed by atoms with Gasteiger partial charge < -0.3 is 10.6 Å². The van der Waals surface area contributed by atoms with Crippen molar-refractivity contribution in [1.29, 1.82) is 0 Å². The third kappa shape index (κ3) is 11.6. The Bertz CT molecular complexity index is 274. The lowest BCUT2D eigenvalue weighted by atomic mass is 10.3. The van der Waals surface area contributed by atoms with Crippen molar-refractivity contribution >= 4 is 35.3 Å². The normalized spacial score (nSPS) is 11.0. The molecule has 0 aromatic rings. The molecule has 0 rings (SSSR count). The number of nitrogens with one attached hydrogen (secondary N) is 2. The zero-order valence-electron chi connectivity index (χ0n) is 10.8. The van der Waals surface area contributed by atoms with Gasteiger partial charge in [-0.3, -0.25) is 9.59 Å². The van der Waals surface area contributed by atoms with Gasteiger partial charge in [-0.25, -0.2) is 0 Å². The van der Waals surface area contributed by atoms with Gasteiger partial charge in [-0.05, 0) is 36.2 Å². The quantitative estimate of drug-likeness (QED) is 0.501. The molecule has 0 unspecified atom stereocenters. The van der Waals surface area contributed by atoms with Gasteiger partial charge in [0.1, 0.15) is 0 Å². The first-order valence-corrected chi connectivity index (χ1v) is 8.22. The molecule has 0 aliphatic rings. The summed E-state index contributed by atoms with van der Waals surface area (Å²) in [5.74, 6) is -0.146. The van der Waals surface area contributed by atoms with Gasteiger partial charge in [-0.2, -0.15) is 0 Å². The van der Waals surface area contributed by atoms with E-state index in [-0.39, 0.29) is 11.8 Å². The summed E-state index contributed by atoms with van der Waals surface area (Å²) >= 11 is 2.98. The first kappa shape index (κ1) is 17.1. The number of carbonyl (C=O) groups excluding carboxylic acids is 2. The van der Waals surface area contributed by atoms with Gasteiger partial charge in [0.25, 0.3) is 0 Å². The van der Waals surface area contributed by atoms with Crippen molar-refractivity contribution in [2.24, 2.45) is 0 Å². The fourth-order valence-corrected chi connectivity index (χ4v) is 1.57. The van der Waals surface area contributed by atoms with E-state index in [9.17, 15) is 9.59 Å². The predicted molar refractivity (Wildman–Crippen MR) is 80.6 cm³/mol. The van der Waals surface area contributed by atoms with Gasteiger partial charge in [0.15, 0.2) is 0 Å². The lowest BCUT2D eigenvalue weighted by molar-refractivity contribution is -0.117. The van der Waals surface area contributed by atoms with E-state index in [1.165, 1.54) is 35.7 Å². The number of thioether (sulfide) groups is 2. The number of amides is 2. The zero-order valence-corrected chi connectivity index (χ0v) is 12.4. The van der Waals surface area contributed by atoms with Crippen molar-refractivity contribution in [2.75, 3.05) is 25.6 Å². The molecule has 2 N–H and O–H groups in total. The smallest absolute Gasteiger partial charge is 0.244 e. The van der Waals surface area contributed by atoms with E-state index in [0.29, 0.717) is 13.1 Å². The topological polar surface area (TPSA) is 58.2 Å². The number of hydrogen-bond acceptors (Lipinski definition) is 4. The summed E-state index contributed by atoms with van der Waals surface area (Å²) in [4.78, 5) is 22.3. The molecule has 4 nitrogen and oxygen atoms in total. The molecule has 6 heteroatoms. The lowest BCUT2D eigenvalue weighted by Gasteiger charge is -2.03. The van der Waals surface area contributed by atoms with Gasteiger partial charge >= 0.3 is 0 Å². The van der Waals surface area contributed by atoms with Crippen LogP contribution in [-0.2, 0) is 9.59 Å². The zero-order chi connectivity index (χ0) is 13.6. The molecule has 0 aliphatic carbocycles. The molecule has 0 radical (unpaired) electrons. The maximum absolute atomic E-state index is 11.2. The Morgan fingerprint density at radius 1 is 0.889 bits per heavy atom. The number of unbranched alkanes of at least 4 members (excludes halogenated alkanes) is 1. The summed E-state index contributed by atoms with van der Waals surface area (Å²) in [7, 11) is 0. The van der Waals surface area contributed by atoms with E-state index in [0.717, 1.165) is 12.8 Å². The summed E-state index contributed by atoms with van der Waals surface area (Å²) in [6, 6.07) is 0. The van der Waals surface area contributed by atoms with E-state index in [1.54, 1.807) is 10.8 Å². The van der Waals surface area contributed by atoms with Crippen LogP contribution in [0.4, 0.5) is 0 Å². The van der Waals surface area contributed by atoms with Crippen LogP contribution in [0, 0.1) is 0 Å². The Kier molecular flexibility index (Phi) is 12.0. The highest BCUT2D eigenvalue weighted by molar-refractivity contribution is 8.01. The van der Waals surface area contributed by atoms with Gasteiger partial charge in [0.05, 0.1) is 0 Å². The maximum atomic E-state index is 11.2. The Hall–Kier alpha value is -0.880. The fraction of sp³-hybridized carbons (Fsp3) is 0.500. The van der Waals surface area contributed by atoms with Crippen LogP contribution in [0.2, 0.25) is 0 Å². The van der Waals surface area contributed by atoms with E-state index in [2.05, 4.69) is 10.6 Å². The minimum absolute atomic E-state index is 0.0729. The SMILES string of the molecule is CS/C=C/C(=O)NCCCCNC(=O)/C=C/SC. The van der Waals surface area contributed by atoms with Crippen LogP contribution in [0.1, 0.15) is 12.8 Å². The van der Waals surface area contributed by atoms with Crippen molar-refractivity contribution in [3.63, 3.8) is 0 Å². The second kappa shape index (κ2) is 12.6. The third-order valence-corrected chi connectivity index (χ3v) is 2.73. The van der Waals surface area contributed by atoms with Gasteiger partial charge in [-0.15, -0.1) is 23.5 Å². The highest BCUT2D eigenvalue weighted by atomic mass is 32.2. The molecule has 0 spiro atoms. The molecule has 0 aromatic carbocycles. The van der Waals surface area contributed by atoms with Gasteiger partial charge in [0, 0.05) is 25.2 Å². The maximum Gasteiger partial charge on any atom is 0.244 e. The standard InChI is InChI=1S/C12H20N2O2S2/c1-17-9-5-11(15)13-7-3-4-8-14-12(16)6-10-18-2/h5-6,9-10H,3-4,7-8H2,1-2H3,(H,13,15)(H,14,16)/b9-5+,10-6+. The van der Waals surface area contributed by atoms with Crippen molar-refractivity contribution in [3.05, 3.63) is 23.0 Å². The van der Waals surface area contributed by atoms with Crippen LogP contribution in [0.15, 0.2) is 23.0 Å². The largest absolute Gasteiger partial charge is 0.353 e. The monoisotopic (exact) mass is 288 g/mol. The number of hydrogen-bond donors (Lipinski definition) is 2. The molecule has 0 aliphatic heterocycles. The first-order valence-electron chi connectivity index (χ1n) is 5.65. The molecule has 0 aromatic heterocycles. The molecule has 0 bridgehead atoms. The van der Waals surface area contributed by atoms with Crippen LogP contribution in [0.3, 0.4) is 0 Å². The average Bonchev–Trinajstić information content (AvgIpc) is 2.37. The third-order valence-electron chi connectivity index (χ3n) is 1.91. The first-order chi connectivity index (χ1) is 8.70. The van der Waals surface area contributed by atoms with Crippen molar-refractivity contribution in [3.8, 4) is 0 Å². The summed E-state index contributed by atoms with van der Waals surface area (Å²) < 4.78 is 0. The van der Waals surface area contributed by atoms with Crippen LogP contribution in [0.25, 0.3) is 0 Å². The van der Waals surface area contributed by atoms with Crippen LogP contribution < -0.4 is 10.6 Å². The molecule has 2 amide bonds. The van der Waals surface area contributed by atoms with Crippen LogP contribution in [0.5, 0.6) is 0 Å². The van der Waals surface area contributed by atoms with E-state index < -0.39 is 0 Å². The molecule has 0 fully saturated rings. The van der Waals surface area contributed by atoms with E-state index >= 15 is 0 Å². The molecule has 0 saturated carbocycles. The van der Waals surface area contributed by atoms with Crippen molar-refractivity contribution in [1.82, 2.24) is 10.6 Å². The molecule has 0 saturated heterocycles. The number of carbonyl (C=O) groups is 2. The average molecular weight is 288 g/mol. The summed E-state index contributed by atoms with van der Waals surface area (Å²) in [6.45, 7) is 1.27. The summed E-state index contributed by atoms with van der Waals surface area (Å²) in [5.41, 5.74) is 0. The molecular weight excluding hydrogens is 268 g/mol. The van der Waals surface area contributed by atoms with Crippen molar-refractivity contribution < 1.29 is 9.59 Å². The van der Waals surface area contributed by atoms with E-state index in [1.807, 2.05) is 12.5 Å². The molecule has 0 atom stereocenters. The Morgan fingerprint density at radius 2 is 1.28 bits per heavy atom. The molecule has 0 heterocycles. The van der Waals surface area contributed by atoms with Gasteiger partial charge in [-0.1, -0.05) is 0 Å². The van der Waals surface area contributed by atoms with Crippen molar-refractivity contribution in [2.45, 2.75) is 12.8 Å². The highest BCUT2D eigenvalue weighted by Crippen LogP contribution is 1.93. The number of rotatable bonds is 9. The Morgan fingerprint density at radius 3 is 1.61 bits per heavy atom. The summed E-state index contributed by atoms with van der Waals surface area (Å²) in [6.07, 6.45) is 8.53. The minimum atomic E-state index is -0.0729. The second-order valence-corrected chi connectivity index (χ2v) is 4.85. The summed E-state index contributed by atoms with van der Waals surface area (Å²) in [5, 5.41) is 9.03. The highest BCUT2D eigenvalue weighted by Gasteiger charge is 1.96. The second-order valence-electron chi connectivity index (χ2n) is 3.37. The van der Waals surface area contributed by atoms with Crippen LogP contribution in [-0.4, -0.2) is 37.4 Å². The lowest BCUT2D eigenvalue weighted by Crippen LogP contribution is -2.25. The minimum Gasteiger partial charge on any atom is -0.353 e. The Labute approximate surface area is 117 Å². The molecule has 102 valence electrons. The molecular formula is C12H20N2O2S2. The van der Waals surface area contributed by atoms with Crippen LogP contribution >= 0.6 is 23.5 Å². The molecule has 18 heavy (non-hydrogen) atoms. The predicted octanol–water partition coefficient (Wildman–Crippen LogP) is 1.75. The fourth-order valence-electron chi connectivity index (χ4n) is 1.05. The van der Waals surface area contributed by atoms with E-state index in [4.69, 9.17) is 0 Å². The van der Waals surface area contributed by atoms with Gasteiger partial charge in [0.2, 0.25) is 11.8 Å².